The summed E-state index contributed by atoms with van der Waals surface area (Å²) in [5, 5.41) is 10.9. The predicted octanol–water partition coefficient (Wildman–Crippen LogP) is 1.35. The zero-order valence-corrected chi connectivity index (χ0v) is 11.9. The number of carbonyl (C=O) groups excluding carboxylic acids is 1. The third-order valence-corrected chi connectivity index (χ3v) is 4.09. The molecule has 7 heteroatoms. The molecule has 1 aromatic rings. The molecule has 0 saturated heterocycles. The summed E-state index contributed by atoms with van der Waals surface area (Å²) >= 11 is 0. The highest BCUT2D eigenvalue weighted by Gasteiger charge is 2.17. The molecule has 0 bridgehead atoms. The van der Waals surface area contributed by atoms with Crippen LogP contribution in [0.4, 0.5) is 5.69 Å². The second-order valence-electron chi connectivity index (χ2n) is 4.10. The number of nitriles is 1. The van der Waals surface area contributed by atoms with E-state index in [1.54, 1.807) is 24.3 Å². The van der Waals surface area contributed by atoms with Gasteiger partial charge in [-0.15, -0.1) is 0 Å². The van der Waals surface area contributed by atoms with Gasteiger partial charge in [-0.25, -0.2) is 8.42 Å². The summed E-state index contributed by atoms with van der Waals surface area (Å²) in [6, 6.07) is 8.61. The van der Waals surface area contributed by atoms with Crippen LogP contribution in [0.15, 0.2) is 24.3 Å². The minimum atomic E-state index is -3.50. The molecular weight excluding hydrogens is 280 g/mol. The number of carbonyl (C=O) groups is 1. The molecule has 0 aromatic heterocycles. The zero-order chi connectivity index (χ0) is 15.0. The lowest BCUT2D eigenvalue weighted by atomic mass is 10.3. The molecule has 1 rings (SSSR count). The van der Waals surface area contributed by atoms with Gasteiger partial charge < -0.3 is 10.1 Å². The van der Waals surface area contributed by atoms with Gasteiger partial charge in [0.1, 0.15) is 11.5 Å². The largest absolute Gasteiger partial charge is 0.495 e. The highest BCUT2D eigenvalue weighted by molar-refractivity contribution is 7.92. The predicted molar refractivity (Wildman–Crippen MR) is 75.1 cm³/mol. The topological polar surface area (TPSA) is 96.3 Å². The van der Waals surface area contributed by atoms with Crippen LogP contribution >= 0.6 is 0 Å². The molecule has 1 amide bonds. The number of unbranched alkanes of at least 4 members (excludes halogenated alkanes) is 1. The first-order chi connectivity index (χ1) is 9.48. The molecule has 0 spiro atoms. The van der Waals surface area contributed by atoms with E-state index in [4.69, 9.17) is 10.00 Å². The van der Waals surface area contributed by atoms with Gasteiger partial charge in [-0.1, -0.05) is 12.1 Å². The molecular formula is C13H16N2O4S. The third-order valence-electron chi connectivity index (χ3n) is 2.48. The van der Waals surface area contributed by atoms with E-state index >= 15 is 0 Å². The maximum Gasteiger partial charge on any atom is 0.239 e. The molecule has 0 fully saturated rings. The minimum Gasteiger partial charge on any atom is -0.495 e. The maximum absolute atomic E-state index is 11.7. The molecule has 0 aliphatic rings. The molecule has 0 atom stereocenters. The summed E-state index contributed by atoms with van der Waals surface area (Å²) in [5.74, 6) is -0.926. The Kier molecular flexibility index (Phi) is 6.00. The van der Waals surface area contributed by atoms with Crippen molar-refractivity contribution < 1.29 is 17.9 Å². The van der Waals surface area contributed by atoms with Crippen LogP contribution in [-0.2, 0) is 14.6 Å². The summed E-state index contributed by atoms with van der Waals surface area (Å²) < 4.78 is 28.4. The fourth-order valence-electron chi connectivity index (χ4n) is 1.58. The summed E-state index contributed by atoms with van der Waals surface area (Å²) in [4.78, 5) is 11.7. The fraction of sp³-hybridized carbons (Fsp3) is 0.385. The second kappa shape index (κ2) is 7.50. The van der Waals surface area contributed by atoms with E-state index in [1.807, 2.05) is 6.07 Å². The van der Waals surface area contributed by atoms with Gasteiger partial charge in [-0.05, 0) is 18.6 Å². The molecule has 0 aliphatic carbocycles. The number of hydrogen-bond acceptors (Lipinski definition) is 5. The lowest BCUT2D eigenvalue weighted by molar-refractivity contribution is -0.113. The van der Waals surface area contributed by atoms with Crippen molar-refractivity contribution in [2.75, 3.05) is 23.9 Å². The van der Waals surface area contributed by atoms with Crippen molar-refractivity contribution in [3.8, 4) is 11.8 Å². The van der Waals surface area contributed by atoms with Crippen LogP contribution in [-0.4, -0.2) is 32.9 Å². The number of nitrogens with zero attached hydrogens (tertiary/aromatic N) is 1. The SMILES string of the molecule is COc1ccccc1NC(=O)CS(=O)(=O)CCCC#N. The standard InChI is InChI=1S/C13H16N2O4S/c1-19-12-7-3-2-6-11(12)15-13(16)10-20(17,18)9-5-4-8-14/h2-3,6-7H,4-5,9-10H2,1H3,(H,15,16). The maximum atomic E-state index is 11.7. The molecule has 0 aliphatic heterocycles. The van der Waals surface area contributed by atoms with Crippen LogP contribution in [0.5, 0.6) is 5.75 Å². The van der Waals surface area contributed by atoms with Crippen molar-refractivity contribution in [2.24, 2.45) is 0 Å². The first-order valence-electron chi connectivity index (χ1n) is 5.99. The second-order valence-corrected chi connectivity index (χ2v) is 6.29. The lowest BCUT2D eigenvalue weighted by Crippen LogP contribution is -2.24. The van der Waals surface area contributed by atoms with E-state index < -0.39 is 21.5 Å². The van der Waals surface area contributed by atoms with Gasteiger partial charge in [-0.3, -0.25) is 4.79 Å². The number of hydrogen-bond donors (Lipinski definition) is 1. The Labute approximate surface area is 118 Å². The van der Waals surface area contributed by atoms with Gasteiger partial charge in [0, 0.05) is 6.42 Å². The van der Waals surface area contributed by atoms with Gasteiger partial charge >= 0.3 is 0 Å². The first-order valence-corrected chi connectivity index (χ1v) is 7.81. The van der Waals surface area contributed by atoms with Gasteiger partial charge in [-0.2, -0.15) is 5.26 Å². The average molecular weight is 296 g/mol. The Bertz CT molecular complexity index is 605. The van der Waals surface area contributed by atoms with Gasteiger partial charge in [0.2, 0.25) is 5.91 Å². The number of nitrogens with one attached hydrogen (secondary N) is 1. The first kappa shape index (κ1) is 16.0. The van der Waals surface area contributed by atoms with E-state index in [1.165, 1.54) is 7.11 Å². The highest BCUT2D eigenvalue weighted by atomic mass is 32.2. The van der Waals surface area contributed by atoms with Crippen LogP contribution in [0, 0.1) is 11.3 Å². The summed E-state index contributed by atoms with van der Waals surface area (Å²) in [6.07, 6.45) is 0.397. The molecule has 0 heterocycles. The van der Waals surface area contributed by atoms with Crippen molar-refractivity contribution in [3.63, 3.8) is 0 Å². The van der Waals surface area contributed by atoms with E-state index in [2.05, 4.69) is 5.32 Å². The summed E-state index contributed by atoms with van der Waals surface area (Å²) in [5.41, 5.74) is 0.423. The third kappa shape index (κ3) is 5.28. The number of anilines is 1. The van der Waals surface area contributed by atoms with Gasteiger partial charge in [0.25, 0.3) is 0 Å². The molecule has 108 valence electrons. The Morgan fingerprint density at radius 3 is 2.75 bits per heavy atom. The smallest absolute Gasteiger partial charge is 0.239 e. The number of amides is 1. The fourth-order valence-corrected chi connectivity index (χ4v) is 2.78. The van der Waals surface area contributed by atoms with Crippen LogP contribution in [0.1, 0.15) is 12.8 Å². The molecule has 1 aromatic carbocycles. The quantitative estimate of drug-likeness (QED) is 0.766. The Morgan fingerprint density at radius 2 is 2.10 bits per heavy atom. The molecule has 0 unspecified atom stereocenters. The zero-order valence-electron chi connectivity index (χ0n) is 11.1. The Morgan fingerprint density at radius 1 is 1.40 bits per heavy atom. The number of benzene rings is 1. The summed E-state index contributed by atoms with van der Waals surface area (Å²) in [6.45, 7) is 0. The van der Waals surface area contributed by atoms with Gasteiger partial charge in [0.15, 0.2) is 9.84 Å². The van der Waals surface area contributed by atoms with Crippen molar-refractivity contribution in [2.45, 2.75) is 12.8 Å². The monoisotopic (exact) mass is 296 g/mol. The number of para-hydroxylation sites is 2. The van der Waals surface area contributed by atoms with Crippen molar-refractivity contribution >= 4 is 21.4 Å². The molecule has 1 N–H and O–H groups in total. The Balaban J connectivity index is 2.61. The van der Waals surface area contributed by atoms with Gasteiger partial charge in [0.05, 0.1) is 24.6 Å². The van der Waals surface area contributed by atoms with Crippen molar-refractivity contribution in [1.29, 1.82) is 5.26 Å². The van der Waals surface area contributed by atoms with Crippen LogP contribution in [0.3, 0.4) is 0 Å². The lowest BCUT2D eigenvalue weighted by Gasteiger charge is -2.09. The number of sulfone groups is 1. The van der Waals surface area contributed by atoms with Crippen LogP contribution < -0.4 is 10.1 Å². The van der Waals surface area contributed by atoms with Crippen molar-refractivity contribution in [3.05, 3.63) is 24.3 Å². The molecule has 0 radical (unpaired) electrons. The van der Waals surface area contributed by atoms with Crippen LogP contribution in [0.2, 0.25) is 0 Å². The van der Waals surface area contributed by atoms with E-state index in [-0.39, 0.29) is 18.6 Å². The summed E-state index contributed by atoms with van der Waals surface area (Å²) in [7, 11) is -2.03. The van der Waals surface area contributed by atoms with E-state index in [9.17, 15) is 13.2 Å². The Hall–Kier alpha value is -2.07. The van der Waals surface area contributed by atoms with Crippen LogP contribution in [0.25, 0.3) is 0 Å². The van der Waals surface area contributed by atoms with Crippen molar-refractivity contribution in [1.82, 2.24) is 0 Å². The normalized spacial score (nSPS) is 10.6. The average Bonchev–Trinajstić information content (AvgIpc) is 2.38. The van der Waals surface area contributed by atoms with E-state index in [0.29, 0.717) is 11.4 Å². The molecule has 0 saturated carbocycles. The molecule has 20 heavy (non-hydrogen) atoms. The minimum absolute atomic E-state index is 0.160. The number of methoxy groups -OCH3 is 1. The molecule has 6 nitrogen and oxygen atoms in total. The number of ether oxygens (including phenoxy) is 1. The van der Waals surface area contributed by atoms with E-state index in [0.717, 1.165) is 0 Å². The number of rotatable bonds is 7. The highest BCUT2D eigenvalue weighted by Crippen LogP contribution is 2.22.